The molecule has 0 heterocycles. The number of benzene rings is 1. The van der Waals surface area contributed by atoms with Crippen LogP contribution in [0.25, 0.3) is 0 Å². The van der Waals surface area contributed by atoms with Gasteiger partial charge in [-0.1, -0.05) is 18.2 Å². The van der Waals surface area contributed by atoms with Crippen molar-refractivity contribution in [3.8, 4) is 0 Å². The van der Waals surface area contributed by atoms with E-state index in [2.05, 4.69) is 42.2 Å². The van der Waals surface area contributed by atoms with Gasteiger partial charge in [0.05, 0.1) is 0 Å². The molecule has 0 aliphatic carbocycles. The van der Waals surface area contributed by atoms with Crippen molar-refractivity contribution < 1.29 is 0 Å². The third kappa shape index (κ3) is 3.81. The molecule has 80 valence electrons. The van der Waals surface area contributed by atoms with Crippen LogP contribution < -0.4 is 11.5 Å². The average Bonchev–Trinajstić information content (AvgIpc) is 2.18. The van der Waals surface area contributed by atoms with Gasteiger partial charge in [0.25, 0.3) is 0 Å². The molecule has 0 fully saturated rings. The van der Waals surface area contributed by atoms with Crippen molar-refractivity contribution in [3.63, 3.8) is 0 Å². The van der Waals surface area contributed by atoms with Crippen LogP contribution in [0.5, 0.6) is 0 Å². The predicted octanol–water partition coefficient (Wildman–Crippen LogP) is 1.11. The van der Waals surface area contributed by atoms with E-state index in [1.807, 2.05) is 0 Å². The summed E-state index contributed by atoms with van der Waals surface area (Å²) in [5.74, 6) is -0.0219. The van der Waals surface area contributed by atoms with Gasteiger partial charge in [-0.15, -0.1) is 5.10 Å². The minimum absolute atomic E-state index is 0.0219. The molecule has 1 rings (SSSR count). The molecule has 0 amide bonds. The Kier molecular flexibility index (Phi) is 3.85. The summed E-state index contributed by atoms with van der Waals surface area (Å²) in [4.78, 5) is 0. The molecule has 0 radical (unpaired) electrons. The lowest BCUT2D eigenvalue weighted by Gasteiger charge is -2.01. The standard InChI is InChI=1S/C11H16N4/c1-8-3-4-10(7-9(8)2)5-6-14-15-11(12)13/h3-4,6-7H,5H2,1-2H3,(H4,12,13,15). The minimum Gasteiger partial charge on any atom is -0.369 e. The van der Waals surface area contributed by atoms with Crippen molar-refractivity contribution in [2.45, 2.75) is 20.3 Å². The van der Waals surface area contributed by atoms with Crippen LogP contribution in [0, 0.1) is 13.8 Å². The zero-order valence-electron chi connectivity index (χ0n) is 9.07. The Hall–Kier alpha value is -1.84. The fourth-order valence-corrected chi connectivity index (χ4v) is 1.18. The number of nitrogens with zero attached hydrogens (tertiary/aromatic N) is 2. The first-order chi connectivity index (χ1) is 7.09. The lowest BCUT2D eigenvalue weighted by molar-refractivity contribution is 1.18. The molecule has 0 bridgehead atoms. The molecule has 4 N–H and O–H groups in total. The molecule has 0 saturated carbocycles. The summed E-state index contributed by atoms with van der Waals surface area (Å²) in [6.45, 7) is 4.18. The number of guanidine groups is 1. The van der Waals surface area contributed by atoms with Crippen LogP contribution in [0.3, 0.4) is 0 Å². The number of aryl methyl sites for hydroxylation is 2. The number of hydrogen-bond acceptors (Lipinski definition) is 2. The number of hydrogen-bond donors (Lipinski definition) is 2. The first kappa shape index (κ1) is 11.2. The molecule has 1 aromatic carbocycles. The Labute approximate surface area is 89.7 Å². The van der Waals surface area contributed by atoms with E-state index in [4.69, 9.17) is 11.5 Å². The molecule has 4 heteroatoms. The first-order valence-corrected chi connectivity index (χ1v) is 4.76. The average molecular weight is 204 g/mol. The summed E-state index contributed by atoms with van der Waals surface area (Å²) >= 11 is 0. The van der Waals surface area contributed by atoms with Crippen LogP contribution in [-0.2, 0) is 6.42 Å². The summed E-state index contributed by atoms with van der Waals surface area (Å²) in [7, 11) is 0. The highest BCUT2D eigenvalue weighted by molar-refractivity contribution is 5.76. The topological polar surface area (TPSA) is 76.8 Å². The van der Waals surface area contributed by atoms with Gasteiger partial charge in [-0.05, 0) is 30.5 Å². The van der Waals surface area contributed by atoms with Gasteiger partial charge in [0.15, 0.2) is 0 Å². The van der Waals surface area contributed by atoms with Gasteiger partial charge < -0.3 is 11.5 Å². The Morgan fingerprint density at radius 3 is 2.60 bits per heavy atom. The van der Waals surface area contributed by atoms with Crippen LogP contribution in [0.2, 0.25) is 0 Å². The minimum atomic E-state index is -0.0219. The van der Waals surface area contributed by atoms with Crippen LogP contribution in [0.1, 0.15) is 16.7 Å². The highest BCUT2D eigenvalue weighted by Crippen LogP contribution is 2.09. The summed E-state index contributed by atoms with van der Waals surface area (Å²) in [5.41, 5.74) is 14.0. The summed E-state index contributed by atoms with van der Waals surface area (Å²) in [6.07, 6.45) is 2.42. The molecular formula is C11H16N4. The molecule has 4 nitrogen and oxygen atoms in total. The summed E-state index contributed by atoms with van der Waals surface area (Å²) in [6, 6.07) is 6.31. The summed E-state index contributed by atoms with van der Waals surface area (Å²) < 4.78 is 0. The van der Waals surface area contributed by atoms with Crippen LogP contribution >= 0.6 is 0 Å². The molecule has 1 aromatic rings. The van der Waals surface area contributed by atoms with E-state index in [1.165, 1.54) is 16.7 Å². The van der Waals surface area contributed by atoms with Crippen molar-refractivity contribution in [1.82, 2.24) is 0 Å². The lowest BCUT2D eigenvalue weighted by Crippen LogP contribution is -2.21. The predicted molar refractivity (Wildman–Crippen MR) is 63.9 cm³/mol. The van der Waals surface area contributed by atoms with E-state index >= 15 is 0 Å². The summed E-state index contributed by atoms with van der Waals surface area (Å²) in [5, 5.41) is 7.25. The molecule has 0 saturated heterocycles. The van der Waals surface area contributed by atoms with Crippen molar-refractivity contribution in [2.24, 2.45) is 21.7 Å². The molecule has 0 aromatic heterocycles. The number of rotatable bonds is 3. The first-order valence-electron chi connectivity index (χ1n) is 4.76. The normalized spacial score (nSPS) is 10.5. The Morgan fingerprint density at radius 1 is 1.27 bits per heavy atom. The van der Waals surface area contributed by atoms with Crippen LogP contribution in [0.4, 0.5) is 0 Å². The molecule has 15 heavy (non-hydrogen) atoms. The molecule has 0 aliphatic heterocycles. The molecule has 0 aliphatic rings. The maximum absolute atomic E-state index is 5.13. The molecular weight excluding hydrogens is 188 g/mol. The Morgan fingerprint density at radius 2 is 2.00 bits per heavy atom. The third-order valence-electron chi connectivity index (χ3n) is 2.15. The van der Waals surface area contributed by atoms with E-state index in [0.29, 0.717) is 0 Å². The second-order valence-corrected chi connectivity index (χ2v) is 3.45. The third-order valence-corrected chi connectivity index (χ3v) is 2.15. The Bertz CT molecular complexity index is 390. The van der Waals surface area contributed by atoms with Crippen LogP contribution in [0.15, 0.2) is 28.4 Å². The van der Waals surface area contributed by atoms with E-state index in [9.17, 15) is 0 Å². The van der Waals surface area contributed by atoms with Gasteiger partial charge >= 0.3 is 0 Å². The van der Waals surface area contributed by atoms with E-state index in [0.717, 1.165) is 6.42 Å². The Balaban J connectivity index is 2.62. The molecule has 0 unspecified atom stereocenters. The quantitative estimate of drug-likeness (QED) is 0.439. The van der Waals surface area contributed by atoms with Crippen molar-refractivity contribution in [3.05, 3.63) is 34.9 Å². The van der Waals surface area contributed by atoms with Gasteiger partial charge in [0.2, 0.25) is 5.96 Å². The largest absolute Gasteiger partial charge is 0.369 e. The SMILES string of the molecule is Cc1ccc(CC=NN=C(N)N)cc1C. The van der Waals surface area contributed by atoms with Gasteiger partial charge in [-0.3, -0.25) is 0 Å². The van der Waals surface area contributed by atoms with Gasteiger partial charge in [0.1, 0.15) is 0 Å². The van der Waals surface area contributed by atoms with Gasteiger partial charge in [0, 0.05) is 12.6 Å². The van der Waals surface area contributed by atoms with E-state index in [-0.39, 0.29) is 5.96 Å². The highest BCUT2D eigenvalue weighted by Gasteiger charge is 1.94. The van der Waals surface area contributed by atoms with Gasteiger partial charge in [-0.2, -0.15) is 5.10 Å². The maximum atomic E-state index is 5.13. The monoisotopic (exact) mass is 204 g/mol. The van der Waals surface area contributed by atoms with Crippen molar-refractivity contribution >= 4 is 12.2 Å². The fraction of sp³-hybridized carbons (Fsp3) is 0.273. The smallest absolute Gasteiger partial charge is 0.211 e. The lowest BCUT2D eigenvalue weighted by atomic mass is 10.1. The highest BCUT2D eigenvalue weighted by atomic mass is 15.3. The maximum Gasteiger partial charge on any atom is 0.211 e. The van der Waals surface area contributed by atoms with E-state index in [1.54, 1.807) is 6.21 Å². The zero-order chi connectivity index (χ0) is 11.3. The van der Waals surface area contributed by atoms with Crippen LogP contribution in [-0.4, -0.2) is 12.2 Å². The molecule has 0 spiro atoms. The van der Waals surface area contributed by atoms with Crippen molar-refractivity contribution in [2.75, 3.05) is 0 Å². The van der Waals surface area contributed by atoms with E-state index < -0.39 is 0 Å². The molecule has 0 atom stereocenters. The van der Waals surface area contributed by atoms with Crippen molar-refractivity contribution in [1.29, 1.82) is 0 Å². The second-order valence-electron chi connectivity index (χ2n) is 3.45. The number of nitrogens with two attached hydrogens (primary N) is 2. The fourth-order valence-electron chi connectivity index (χ4n) is 1.18. The second kappa shape index (κ2) is 5.14. The zero-order valence-corrected chi connectivity index (χ0v) is 9.07. The van der Waals surface area contributed by atoms with Gasteiger partial charge in [-0.25, -0.2) is 0 Å².